The van der Waals surface area contributed by atoms with E-state index in [-0.39, 0.29) is 0 Å². The lowest BCUT2D eigenvalue weighted by molar-refractivity contribution is 0.615. The van der Waals surface area contributed by atoms with Gasteiger partial charge in [0.15, 0.2) is 0 Å². The lowest BCUT2D eigenvalue weighted by atomic mass is 10.1. The van der Waals surface area contributed by atoms with E-state index in [1.54, 1.807) is 0 Å². The van der Waals surface area contributed by atoms with Gasteiger partial charge < -0.3 is 14.2 Å². The molecule has 0 fully saturated rings. The largest absolute Gasteiger partial charge is 0.462 e. The molecule has 6 rings (SSSR count). The van der Waals surface area contributed by atoms with E-state index in [1.165, 1.54) is 5.56 Å². The number of aryl methyl sites for hydroxylation is 1. The Kier molecular flexibility index (Phi) is 6.72. The van der Waals surface area contributed by atoms with Crippen molar-refractivity contribution in [2.45, 2.75) is 13.3 Å². The zero-order valence-electron chi connectivity index (χ0n) is 21.1. The fraction of sp³-hybridized carbons (Fsp3) is 0.0588. The summed E-state index contributed by atoms with van der Waals surface area (Å²) in [6.45, 7) is 2.14. The number of fused-ring (bicyclic) bond motifs is 1. The molecule has 1 aliphatic rings. The molecule has 0 atom stereocenters. The molecule has 1 aliphatic carbocycles. The summed E-state index contributed by atoms with van der Waals surface area (Å²) >= 11 is 3.78. The van der Waals surface area contributed by atoms with Crippen LogP contribution in [0.1, 0.15) is 12.0 Å². The van der Waals surface area contributed by atoms with Gasteiger partial charge in [0.05, 0.1) is 11.4 Å². The molecule has 5 aromatic rings. The van der Waals surface area contributed by atoms with E-state index in [9.17, 15) is 0 Å². The minimum Gasteiger partial charge on any atom is -0.462 e. The maximum absolute atomic E-state index is 6.03. The summed E-state index contributed by atoms with van der Waals surface area (Å²) in [5, 5.41) is 1.13. The molecule has 3 nitrogen and oxygen atoms in total. The van der Waals surface area contributed by atoms with Crippen LogP contribution in [0.5, 0.6) is 0 Å². The predicted molar refractivity (Wildman–Crippen MR) is 162 cm³/mol. The van der Waals surface area contributed by atoms with Gasteiger partial charge in [-0.1, -0.05) is 72.8 Å². The van der Waals surface area contributed by atoms with Gasteiger partial charge in [-0.2, -0.15) is 0 Å². The fourth-order valence-electron chi connectivity index (χ4n) is 5.02. The molecule has 0 N–H and O–H groups in total. The lowest BCUT2D eigenvalue weighted by Gasteiger charge is -2.28. The quantitative estimate of drug-likeness (QED) is 0.206. The Morgan fingerprint density at radius 3 is 2.13 bits per heavy atom. The van der Waals surface area contributed by atoms with Crippen molar-refractivity contribution < 1.29 is 4.42 Å². The highest BCUT2D eigenvalue weighted by Crippen LogP contribution is 2.41. The van der Waals surface area contributed by atoms with E-state index < -0.39 is 0 Å². The second kappa shape index (κ2) is 10.6. The van der Waals surface area contributed by atoms with Crippen LogP contribution in [0.3, 0.4) is 0 Å². The van der Waals surface area contributed by atoms with Gasteiger partial charge in [0, 0.05) is 39.0 Å². The first-order valence-corrected chi connectivity index (χ1v) is 13.5. The van der Waals surface area contributed by atoms with Gasteiger partial charge in [0.25, 0.3) is 0 Å². The Balaban J connectivity index is 1.44. The van der Waals surface area contributed by atoms with Crippen LogP contribution in [0.4, 0.5) is 22.7 Å². The van der Waals surface area contributed by atoms with E-state index in [0.29, 0.717) is 0 Å². The molecule has 38 heavy (non-hydrogen) atoms. The van der Waals surface area contributed by atoms with Crippen LogP contribution in [-0.4, -0.2) is 0 Å². The monoisotopic (exact) mass is 558 g/mol. The topological polar surface area (TPSA) is 19.6 Å². The third-order valence-electron chi connectivity index (χ3n) is 6.77. The van der Waals surface area contributed by atoms with Crippen molar-refractivity contribution in [2.75, 3.05) is 9.80 Å². The molecule has 186 valence electrons. The van der Waals surface area contributed by atoms with Crippen molar-refractivity contribution >= 4 is 49.6 Å². The third-order valence-corrected chi connectivity index (χ3v) is 7.44. The maximum atomic E-state index is 6.03. The molecule has 1 aromatic heterocycles. The number of para-hydroxylation sites is 3. The van der Waals surface area contributed by atoms with Crippen molar-refractivity contribution in [2.24, 2.45) is 0 Å². The second-order valence-corrected chi connectivity index (χ2v) is 10.1. The van der Waals surface area contributed by atoms with Crippen molar-refractivity contribution in [1.29, 1.82) is 0 Å². The Morgan fingerprint density at radius 2 is 1.39 bits per heavy atom. The van der Waals surface area contributed by atoms with E-state index in [4.69, 9.17) is 4.42 Å². The number of allylic oxidation sites excluding steroid dienone is 4. The lowest BCUT2D eigenvalue weighted by Crippen LogP contribution is -2.17. The van der Waals surface area contributed by atoms with Crippen LogP contribution in [0.2, 0.25) is 0 Å². The van der Waals surface area contributed by atoms with E-state index in [1.807, 2.05) is 30.5 Å². The molecule has 0 aliphatic heterocycles. The van der Waals surface area contributed by atoms with Crippen LogP contribution in [-0.2, 0) is 0 Å². The Labute approximate surface area is 231 Å². The molecular weight excluding hydrogens is 532 g/mol. The third kappa shape index (κ3) is 4.59. The first-order chi connectivity index (χ1) is 18.7. The van der Waals surface area contributed by atoms with Crippen molar-refractivity contribution in [3.8, 4) is 0 Å². The Morgan fingerprint density at radius 1 is 0.711 bits per heavy atom. The van der Waals surface area contributed by atoms with Gasteiger partial charge >= 0.3 is 0 Å². The van der Waals surface area contributed by atoms with Crippen LogP contribution < -0.4 is 9.80 Å². The second-order valence-electron chi connectivity index (χ2n) is 9.21. The van der Waals surface area contributed by atoms with E-state index >= 15 is 0 Å². The molecular formula is C34H27BrN2O. The van der Waals surface area contributed by atoms with Gasteiger partial charge in [-0.25, -0.2) is 0 Å². The molecule has 0 saturated carbocycles. The summed E-state index contributed by atoms with van der Waals surface area (Å²) in [4.78, 5) is 4.61. The predicted octanol–water partition coefficient (Wildman–Crippen LogP) is 10.2. The molecule has 0 unspecified atom stereocenters. The molecule has 0 spiro atoms. The molecule has 0 saturated heterocycles. The molecule has 1 heterocycles. The maximum Gasteiger partial charge on any atom is 0.136 e. The average Bonchev–Trinajstić information content (AvgIpc) is 3.24. The minimum atomic E-state index is 0.740. The zero-order valence-corrected chi connectivity index (χ0v) is 22.7. The normalized spacial score (nSPS) is 13.1. The SMILES string of the molecule is Cc1cccc2occ(N(C3=CC=CC(N(c4ccccc4)c4ccccc4Br)=CC3)c3ccccc3)c12. The van der Waals surface area contributed by atoms with Gasteiger partial charge in [0.2, 0.25) is 0 Å². The van der Waals surface area contributed by atoms with Gasteiger partial charge in [0.1, 0.15) is 11.8 Å². The summed E-state index contributed by atoms with van der Waals surface area (Å²) in [5.74, 6) is 0. The highest BCUT2D eigenvalue weighted by atomic mass is 79.9. The van der Waals surface area contributed by atoms with Crippen LogP contribution >= 0.6 is 15.9 Å². The van der Waals surface area contributed by atoms with Crippen LogP contribution in [0.25, 0.3) is 11.0 Å². The Hall–Kier alpha value is -4.28. The molecule has 0 bridgehead atoms. The summed E-state index contributed by atoms with van der Waals surface area (Å²) in [5.41, 5.74) is 8.70. The van der Waals surface area contributed by atoms with Crippen molar-refractivity contribution in [3.05, 3.63) is 155 Å². The number of anilines is 4. The average molecular weight is 560 g/mol. The standard InChI is InChI=1S/C34H27BrN2O/c1-25-12-10-21-33-34(25)32(24-38-33)37(27-15-6-3-7-16-27)29-18-11-17-28(22-23-29)36(26-13-4-2-5-14-26)31-20-9-8-19-30(31)35/h2-22,24H,23H2,1H3. The summed E-state index contributed by atoms with van der Waals surface area (Å²) < 4.78 is 7.07. The zero-order chi connectivity index (χ0) is 25.9. The highest BCUT2D eigenvalue weighted by molar-refractivity contribution is 9.10. The van der Waals surface area contributed by atoms with E-state index in [2.05, 4.69) is 136 Å². The van der Waals surface area contributed by atoms with Crippen LogP contribution in [0.15, 0.2) is 154 Å². The first-order valence-electron chi connectivity index (χ1n) is 12.7. The number of nitrogens with zero attached hydrogens (tertiary/aromatic N) is 2. The number of halogens is 1. The van der Waals surface area contributed by atoms with Gasteiger partial charge in [-0.05, 0) is 83.0 Å². The van der Waals surface area contributed by atoms with Crippen molar-refractivity contribution in [1.82, 2.24) is 0 Å². The number of hydrogen-bond acceptors (Lipinski definition) is 3. The smallest absolute Gasteiger partial charge is 0.136 e. The van der Waals surface area contributed by atoms with Gasteiger partial charge in [-0.3, -0.25) is 0 Å². The van der Waals surface area contributed by atoms with Crippen molar-refractivity contribution in [3.63, 3.8) is 0 Å². The highest BCUT2D eigenvalue weighted by Gasteiger charge is 2.22. The number of benzene rings is 4. The summed E-state index contributed by atoms with van der Waals surface area (Å²) in [6, 6.07) is 35.5. The number of furan rings is 1. The molecule has 4 aromatic carbocycles. The summed E-state index contributed by atoms with van der Waals surface area (Å²) in [6.07, 6.45) is 11.4. The minimum absolute atomic E-state index is 0.740. The van der Waals surface area contributed by atoms with E-state index in [0.717, 1.165) is 56.0 Å². The molecule has 0 radical (unpaired) electrons. The van der Waals surface area contributed by atoms with Gasteiger partial charge in [-0.15, -0.1) is 0 Å². The fourth-order valence-corrected chi connectivity index (χ4v) is 5.48. The number of hydrogen-bond donors (Lipinski definition) is 0. The number of rotatable bonds is 6. The molecule has 4 heteroatoms. The Bertz CT molecular complexity index is 1670. The summed E-state index contributed by atoms with van der Waals surface area (Å²) in [7, 11) is 0. The first kappa shape index (κ1) is 24.1. The van der Waals surface area contributed by atoms with Crippen LogP contribution in [0, 0.1) is 6.92 Å². The molecule has 0 amide bonds.